The van der Waals surface area contributed by atoms with Crippen molar-refractivity contribution in [2.45, 2.75) is 18.2 Å². The summed E-state index contributed by atoms with van der Waals surface area (Å²) in [5.41, 5.74) is -0.0988. The maximum absolute atomic E-state index is 12.2. The summed E-state index contributed by atoms with van der Waals surface area (Å²) in [6.45, 7) is 0.956. The second-order valence-corrected chi connectivity index (χ2v) is 6.50. The molecule has 20 heavy (non-hydrogen) atoms. The van der Waals surface area contributed by atoms with Crippen LogP contribution in [0.15, 0.2) is 39.7 Å². The van der Waals surface area contributed by atoms with Gasteiger partial charge in [0.2, 0.25) is 5.91 Å². The largest absolute Gasteiger partial charge is 0.351 e. The highest BCUT2D eigenvalue weighted by molar-refractivity contribution is 7.99. The number of nitrogens with zero attached hydrogens (tertiary/aromatic N) is 2. The fraction of sp³-hybridized carbons (Fsp3) is 0.308. The molecule has 0 radical (unpaired) electrons. The van der Waals surface area contributed by atoms with Crippen LogP contribution in [0.4, 0.5) is 0 Å². The van der Waals surface area contributed by atoms with Crippen molar-refractivity contribution in [2.24, 2.45) is 5.92 Å². The quantitative estimate of drug-likeness (QED) is 0.869. The fourth-order valence-electron chi connectivity index (χ4n) is 2.04. The van der Waals surface area contributed by atoms with Crippen LogP contribution >= 0.6 is 23.1 Å². The summed E-state index contributed by atoms with van der Waals surface area (Å²) >= 11 is 3.07. The molecule has 1 N–H and O–H groups in total. The molecule has 7 heteroatoms. The Labute approximate surface area is 124 Å². The van der Waals surface area contributed by atoms with Crippen molar-refractivity contribution in [3.05, 3.63) is 45.0 Å². The van der Waals surface area contributed by atoms with E-state index in [4.69, 9.17) is 0 Å². The molecule has 1 aliphatic heterocycles. The third kappa shape index (κ3) is 2.78. The second kappa shape index (κ2) is 5.80. The van der Waals surface area contributed by atoms with Crippen molar-refractivity contribution in [3.8, 4) is 0 Å². The molecule has 0 saturated heterocycles. The van der Waals surface area contributed by atoms with Gasteiger partial charge in [0.05, 0.1) is 12.5 Å². The van der Waals surface area contributed by atoms with Crippen molar-refractivity contribution < 1.29 is 4.79 Å². The van der Waals surface area contributed by atoms with Crippen LogP contribution < -0.4 is 10.9 Å². The number of thioether (sulfide) groups is 1. The number of hydrogen-bond donors (Lipinski definition) is 1. The van der Waals surface area contributed by atoms with Crippen molar-refractivity contribution >= 4 is 29.0 Å². The van der Waals surface area contributed by atoms with E-state index in [2.05, 4.69) is 10.3 Å². The van der Waals surface area contributed by atoms with Crippen LogP contribution in [0.1, 0.15) is 4.88 Å². The number of nitrogens with one attached hydrogen (secondary N) is 1. The topological polar surface area (TPSA) is 64.0 Å². The molecule has 3 heterocycles. The molecule has 1 amide bonds. The number of amides is 1. The lowest BCUT2D eigenvalue weighted by Gasteiger charge is -2.23. The Bertz CT molecular complexity index is 667. The summed E-state index contributed by atoms with van der Waals surface area (Å²) in [6, 6.07) is 5.38. The van der Waals surface area contributed by atoms with Gasteiger partial charge in [-0.15, -0.1) is 11.3 Å². The molecular weight excluding hydrogens is 294 g/mol. The van der Waals surface area contributed by atoms with E-state index < -0.39 is 0 Å². The van der Waals surface area contributed by atoms with Gasteiger partial charge >= 0.3 is 0 Å². The Morgan fingerprint density at radius 3 is 3.20 bits per heavy atom. The molecule has 1 unspecified atom stereocenters. The first kappa shape index (κ1) is 13.4. The zero-order chi connectivity index (χ0) is 13.9. The number of rotatable bonds is 3. The first-order chi connectivity index (χ1) is 9.74. The average Bonchev–Trinajstić information content (AvgIpc) is 2.98. The van der Waals surface area contributed by atoms with Crippen molar-refractivity contribution in [1.29, 1.82) is 0 Å². The number of carbonyl (C=O) groups excluding carboxylic acids is 1. The van der Waals surface area contributed by atoms with E-state index in [0.717, 1.165) is 4.88 Å². The lowest BCUT2D eigenvalue weighted by Crippen LogP contribution is -2.39. The van der Waals surface area contributed by atoms with Gasteiger partial charge in [0.1, 0.15) is 0 Å². The van der Waals surface area contributed by atoms with Crippen LogP contribution in [-0.2, 0) is 17.9 Å². The predicted molar refractivity (Wildman–Crippen MR) is 78.9 cm³/mol. The van der Waals surface area contributed by atoms with Gasteiger partial charge in [-0.2, -0.15) is 0 Å². The summed E-state index contributed by atoms with van der Waals surface area (Å²) < 4.78 is 1.57. The Hall–Kier alpha value is -1.60. The minimum atomic E-state index is -0.186. The van der Waals surface area contributed by atoms with Crippen LogP contribution in [0, 0.1) is 5.92 Å². The van der Waals surface area contributed by atoms with E-state index in [9.17, 15) is 9.59 Å². The van der Waals surface area contributed by atoms with Gasteiger partial charge in [-0.1, -0.05) is 17.8 Å². The maximum atomic E-state index is 12.2. The standard InChI is InChI=1S/C13H13N3O2S2/c17-11-3-4-14-13-16(11)7-9(8-20-13)12(18)15-6-10-2-1-5-19-10/h1-5,9H,6-8H2,(H,15,18). The Kier molecular flexibility index (Phi) is 3.88. The lowest BCUT2D eigenvalue weighted by atomic mass is 10.1. The van der Waals surface area contributed by atoms with Crippen LogP contribution in [0.3, 0.4) is 0 Å². The monoisotopic (exact) mass is 307 g/mol. The van der Waals surface area contributed by atoms with E-state index >= 15 is 0 Å². The summed E-state index contributed by atoms with van der Waals surface area (Å²) in [4.78, 5) is 29.2. The molecule has 1 aliphatic rings. The number of carbonyl (C=O) groups is 1. The van der Waals surface area contributed by atoms with Gasteiger partial charge < -0.3 is 5.32 Å². The average molecular weight is 307 g/mol. The normalized spacial score (nSPS) is 17.5. The molecule has 104 valence electrons. The summed E-state index contributed by atoms with van der Waals surface area (Å²) in [5, 5.41) is 5.61. The molecule has 5 nitrogen and oxygen atoms in total. The highest BCUT2D eigenvalue weighted by atomic mass is 32.2. The third-order valence-corrected chi connectivity index (χ3v) is 5.13. The maximum Gasteiger partial charge on any atom is 0.254 e. The fourth-order valence-corrected chi connectivity index (χ4v) is 3.75. The number of hydrogen-bond acceptors (Lipinski definition) is 5. The van der Waals surface area contributed by atoms with Gasteiger partial charge in [-0.25, -0.2) is 4.98 Å². The molecule has 1 atom stereocenters. The van der Waals surface area contributed by atoms with Gasteiger partial charge in [0.15, 0.2) is 5.16 Å². The predicted octanol–water partition coefficient (Wildman–Crippen LogP) is 1.34. The third-order valence-electron chi connectivity index (χ3n) is 3.10. The molecule has 3 rings (SSSR count). The highest BCUT2D eigenvalue weighted by Crippen LogP contribution is 2.24. The molecule has 2 aromatic rings. The van der Waals surface area contributed by atoms with Gasteiger partial charge in [-0.05, 0) is 11.4 Å². The number of aromatic nitrogens is 2. The molecule has 0 saturated carbocycles. The van der Waals surface area contributed by atoms with Crippen LogP contribution in [0.5, 0.6) is 0 Å². The zero-order valence-corrected chi connectivity index (χ0v) is 12.2. The first-order valence-electron chi connectivity index (χ1n) is 6.23. The van der Waals surface area contributed by atoms with Gasteiger partial charge in [0, 0.05) is 29.4 Å². The molecule has 0 fully saturated rings. The molecule has 2 aromatic heterocycles. The highest BCUT2D eigenvalue weighted by Gasteiger charge is 2.26. The summed E-state index contributed by atoms with van der Waals surface area (Å²) in [7, 11) is 0. The molecule has 0 aromatic carbocycles. The molecular formula is C13H13N3O2S2. The minimum absolute atomic E-state index is 0.00713. The minimum Gasteiger partial charge on any atom is -0.351 e. The lowest BCUT2D eigenvalue weighted by molar-refractivity contribution is -0.125. The van der Waals surface area contributed by atoms with E-state index in [-0.39, 0.29) is 17.4 Å². The number of thiophene rings is 1. The Morgan fingerprint density at radius 2 is 2.40 bits per heavy atom. The Morgan fingerprint density at radius 1 is 1.50 bits per heavy atom. The van der Waals surface area contributed by atoms with Crippen molar-refractivity contribution in [3.63, 3.8) is 0 Å². The SMILES string of the molecule is O=C(NCc1cccs1)C1CSc2nccc(=O)n2C1. The van der Waals surface area contributed by atoms with E-state index in [1.54, 1.807) is 15.9 Å². The Balaban J connectivity index is 1.66. The van der Waals surface area contributed by atoms with Crippen molar-refractivity contribution in [2.75, 3.05) is 5.75 Å². The first-order valence-corrected chi connectivity index (χ1v) is 8.09. The van der Waals surface area contributed by atoms with Crippen molar-refractivity contribution in [1.82, 2.24) is 14.9 Å². The van der Waals surface area contributed by atoms with Crippen LogP contribution in [0.25, 0.3) is 0 Å². The van der Waals surface area contributed by atoms with E-state index in [0.29, 0.717) is 24.0 Å². The van der Waals surface area contributed by atoms with E-state index in [1.165, 1.54) is 24.0 Å². The van der Waals surface area contributed by atoms with Crippen LogP contribution in [-0.4, -0.2) is 21.2 Å². The molecule has 0 bridgehead atoms. The number of fused-ring (bicyclic) bond motifs is 1. The molecule has 0 aliphatic carbocycles. The van der Waals surface area contributed by atoms with Crippen LogP contribution in [0.2, 0.25) is 0 Å². The van der Waals surface area contributed by atoms with E-state index in [1.807, 2.05) is 17.5 Å². The smallest absolute Gasteiger partial charge is 0.254 e. The van der Waals surface area contributed by atoms with Gasteiger partial charge in [0.25, 0.3) is 5.56 Å². The second-order valence-electron chi connectivity index (χ2n) is 4.48. The molecule has 0 spiro atoms. The zero-order valence-electron chi connectivity index (χ0n) is 10.6. The summed E-state index contributed by atoms with van der Waals surface area (Å²) in [6.07, 6.45) is 1.51. The van der Waals surface area contributed by atoms with Gasteiger partial charge in [-0.3, -0.25) is 14.2 Å². The summed E-state index contributed by atoms with van der Waals surface area (Å²) in [5.74, 6) is 0.467.